The number of carbonyl (C=O) groups excluding carboxylic acids is 1. The van der Waals surface area contributed by atoms with Gasteiger partial charge in [0, 0.05) is 25.1 Å². The summed E-state index contributed by atoms with van der Waals surface area (Å²) in [4.78, 5) is 22.6. The maximum Gasteiger partial charge on any atom is 0.414 e. The SMILES string of the molecule is Cc1cc(-c2ccc3nccnc3c2)cc(N(C)C(=O)OC(C)(C)C)c1. The molecule has 0 aliphatic carbocycles. The number of amides is 1. The Balaban J connectivity index is 1.97. The van der Waals surface area contributed by atoms with Crippen molar-refractivity contribution in [2.45, 2.75) is 33.3 Å². The van der Waals surface area contributed by atoms with E-state index in [4.69, 9.17) is 4.74 Å². The molecule has 0 atom stereocenters. The molecule has 1 aromatic heterocycles. The largest absolute Gasteiger partial charge is 0.443 e. The maximum atomic E-state index is 12.4. The van der Waals surface area contributed by atoms with Gasteiger partial charge in [0.05, 0.1) is 11.0 Å². The molecular formula is C21H23N3O2. The fourth-order valence-electron chi connectivity index (χ4n) is 2.70. The molecule has 0 aliphatic heterocycles. The highest BCUT2D eigenvalue weighted by Gasteiger charge is 2.21. The van der Waals surface area contributed by atoms with Crippen molar-refractivity contribution in [1.82, 2.24) is 9.97 Å². The van der Waals surface area contributed by atoms with Crippen LogP contribution in [0.2, 0.25) is 0 Å². The monoisotopic (exact) mass is 349 g/mol. The minimum absolute atomic E-state index is 0.376. The first kappa shape index (κ1) is 17.9. The van der Waals surface area contributed by atoms with Crippen LogP contribution in [0.15, 0.2) is 48.8 Å². The summed E-state index contributed by atoms with van der Waals surface area (Å²) in [6, 6.07) is 12.0. The Morgan fingerprint density at radius 3 is 2.35 bits per heavy atom. The standard InChI is InChI=1S/C21H23N3O2/c1-14-10-16(15-6-7-18-19(13-15)23-9-8-22-18)12-17(11-14)24(5)20(25)26-21(2,3)4/h6-13H,1-5H3. The van der Waals surface area contributed by atoms with E-state index in [0.29, 0.717) is 0 Å². The first-order valence-corrected chi connectivity index (χ1v) is 8.52. The van der Waals surface area contributed by atoms with Gasteiger partial charge in [0.15, 0.2) is 0 Å². The summed E-state index contributed by atoms with van der Waals surface area (Å²) in [6.07, 6.45) is 2.99. The lowest BCUT2D eigenvalue weighted by Crippen LogP contribution is -2.34. The smallest absolute Gasteiger partial charge is 0.414 e. The zero-order chi connectivity index (χ0) is 18.9. The van der Waals surface area contributed by atoms with Crippen molar-refractivity contribution in [3.8, 4) is 11.1 Å². The number of fused-ring (bicyclic) bond motifs is 1. The molecule has 2 aromatic carbocycles. The van der Waals surface area contributed by atoms with Crippen LogP contribution in [0.5, 0.6) is 0 Å². The summed E-state index contributed by atoms with van der Waals surface area (Å²) in [5.74, 6) is 0. The average molecular weight is 349 g/mol. The minimum Gasteiger partial charge on any atom is -0.443 e. The van der Waals surface area contributed by atoms with E-state index in [2.05, 4.69) is 16.0 Å². The van der Waals surface area contributed by atoms with E-state index in [-0.39, 0.29) is 6.09 Å². The highest BCUT2D eigenvalue weighted by atomic mass is 16.6. The molecule has 1 heterocycles. The second-order valence-electron chi connectivity index (χ2n) is 7.36. The van der Waals surface area contributed by atoms with Gasteiger partial charge in [-0.3, -0.25) is 14.9 Å². The van der Waals surface area contributed by atoms with E-state index in [1.807, 2.05) is 58.0 Å². The van der Waals surface area contributed by atoms with Crippen LogP contribution in [-0.2, 0) is 4.74 Å². The lowest BCUT2D eigenvalue weighted by Gasteiger charge is -2.25. The number of rotatable bonds is 2. The summed E-state index contributed by atoms with van der Waals surface area (Å²) in [7, 11) is 1.72. The Kier molecular flexibility index (Phi) is 4.64. The number of hydrogen-bond acceptors (Lipinski definition) is 4. The molecular weight excluding hydrogens is 326 g/mol. The van der Waals surface area contributed by atoms with Crippen LogP contribution < -0.4 is 4.90 Å². The minimum atomic E-state index is -0.533. The topological polar surface area (TPSA) is 55.3 Å². The molecule has 0 fully saturated rings. The molecule has 3 aromatic rings. The van der Waals surface area contributed by atoms with Gasteiger partial charge in [-0.2, -0.15) is 0 Å². The van der Waals surface area contributed by atoms with Gasteiger partial charge in [-0.1, -0.05) is 12.1 Å². The van der Waals surface area contributed by atoms with Crippen molar-refractivity contribution in [3.05, 3.63) is 54.4 Å². The third-order valence-corrected chi connectivity index (χ3v) is 3.92. The molecule has 26 heavy (non-hydrogen) atoms. The Bertz CT molecular complexity index is 961. The molecule has 5 nitrogen and oxygen atoms in total. The van der Waals surface area contributed by atoms with Crippen LogP contribution in [0.1, 0.15) is 26.3 Å². The summed E-state index contributed by atoms with van der Waals surface area (Å²) in [6.45, 7) is 7.58. The van der Waals surface area contributed by atoms with Gasteiger partial charge in [0.2, 0.25) is 0 Å². The number of benzene rings is 2. The summed E-state index contributed by atoms with van der Waals surface area (Å²) in [5, 5.41) is 0. The summed E-state index contributed by atoms with van der Waals surface area (Å²) in [5.41, 5.74) is 5.06. The zero-order valence-corrected chi connectivity index (χ0v) is 15.8. The second-order valence-corrected chi connectivity index (χ2v) is 7.36. The molecule has 0 bridgehead atoms. The van der Waals surface area contributed by atoms with E-state index in [1.54, 1.807) is 19.4 Å². The predicted octanol–water partition coefficient (Wildman–Crippen LogP) is 4.98. The molecule has 0 unspecified atom stereocenters. The van der Waals surface area contributed by atoms with Crippen LogP contribution in [0, 0.1) is 6.92 Å². The van der Waals surface area contributed by atoms with E-state index in [0.717, 1.165) is 33.4 Å². The van der Waals surface area contributed by atoms with Gasteiger partial charge in [0.1, 0.15) is 5.60 Å². The summed E-state index contributed by atoms with van der Waals surface area (Å²) < 4.78 is 5.47. The second kappa shape index (κ2) is 6.75. The van der Waals surface area contributed by atoms with Gasteiger partial charge in [-0.25, -0.2) is 4.79 Å². The normalized spacial score (nSPS) is 11.4. The molecule has 5 heteroatoms. The van der Waals surface area contributed by atoms with Crippen molar-refractivity contribution in [1.29, 1.82) is 0 Å². The fraction of sp³-hybridized carbons (Fsp3) is 0.286. The summed E-state index contributed by atoms with van der Waals surface area (Å²) >= 11 is 0. The number of aromatic nitrogens is 2. The molecule has 0 saturated heterocycles. The zero-order valence-electron chi connectivity index (χ0n) is 15.8. The number of ether oxygens (including phenoxy) is 1. The van der Waals surface area contributed by atoms with Crippen LogP contribution in [0.3, 0.4) is 0 Å². The fourth-order valence-corrected chi connectivity index (χ4v) is 2.70. The average Bonchev–Trinajstić information content (AvgIpc) is 2.58. The first-order chi connectivity index (χ1) is 12.2. The molecule has 0 spiro atoms. The molecule has 0 N–H and O–H groups in total. The molecule has 0 aliphatic rings. The third-order valence-electron chi connectivity index (χ3n) is 3.92. The maximum absolute atomic E-state index is 12.4. The third kappa shape index (κ3) is 3.99. The molecule has 3 rings (SSSR count). The lowest BCUT2D eigenvalue weighted by atomic mass is 10.0. The van der Waals surface area contributed by atoms with Crippen molar-refractivity contribution >= 4 is 22.8 Å². The van der Waals surface area contributed by atoms with Crippen LogP contribution in [0.4, 0.5) is 10.5 Å². The molecule has 0 radical (unpaired) electrons. The first-order valence-electron chi connectivity index (χ1n) is 8.52. The van der Waals surface area contributed by atoms with Crippen molar-refractivity contribution < 1.29 is 9.53 Å². The lowest BCUT2D eigenvalue weighted by molar-refractivity contribution is 0.0589. The quantitative estimate of drug-likeness (QED) is 0.655. The van der Waals surface area contributed by atoms with Crippen molar-refractivity contribution in [3.63, 3.8) is 0 Å². The molecule has 1 amide bonds. The van der Waals surface area contributed by atoms with Gasteiger partial charge < -0.3 is 4.74 Å². The van der Waals surface area contributed by atoms with E-state index >= 15 is 0 Å². The van der Waals surface area contributed by atoms with Crippen molar-refractivity contribution in [2.75, 3.05) is 11.9 Å². The molecule has 134 valence electrons. The Labute approximate surface area is 153 Å². The number of nitrogens with zero attached hydrogens (tertiary/aromatic N) is 3. The highest BCUT2D eigenvalue weighted by molar-refractivity contribution is 5.89. The van der Waals surface area contributed by atoms with Gasteiger partial charge >= 0.3 is 6.09 Å². The van der Waals surface area contributed by atoms with E-state index in [9.17, 15) is 4.79 Å². The number of aryl methyl sites for hydroxylation is 1. The van der Waals surface area contributed by atoms with Gasteiger partial charge in [0.25, 0.3) is 0 Å². The Morgan fingerprint density at radius 1 is 0.962 bits per heavy atom. The van der Waals surface area contributed by atoms with Crippen molar-refractivity contribution in [2.24, 2.45) is 0 Å². The number of hydrogen-bond donors (Lipinski definition) is 0. The van der Waals surface area contributed by atoms with Crippen LogP contribution in [-0.4, -0.2) is 28.7 Å². The predicted molar refractivity (Wildman–Crippen MR) is 104 cm³/mol. The van der Waals surface area contributed by atoms with E-state index in [1.165, 1.54) is 4.90 Å². The Hall–Kier alpha value is -2.95. The van der Waals surface area contributed by atoms with Crippen LogP contribution in [0.25, 0.3) is 22.2 Å². The van der Waals surface area contributed by atoms with E-state index < -0.39 is 5.60 Å². The van der Waals surface area contributed by atoms with Crippen LogP contribution >= 0.6 is 0 Å². The van der Waals surface area contributed by atoms with Gasteiger partial charge in [-0.05, 0) is 68.7 Å². The van der Waals surface area contributed by atoms with Gasteiger partial charge in [-0.15, -0.1) is 0 Å². The number of carbonyl (C=O) groups is 1. The highest BCUT2D eigenvalue weighted by Crippen LogP contribution is 2.28. The molecule has 0 saturated carbocycles. The number of anilines is 1. The Morgan fingerprint density at radius 2 is 1.65 bits per heavy atom.